The molecule has 7 heteroatoms. The van der Waals surface area contributed by atoms with Crippen molar-refractivity contribution in [3.8, 4) is 11.1 Å². The minimum atomic E-state index is -4.61. The van der Waals surface area contributed by atoms with Gasteiger partial charge in [0.2, 0.25) is 0 Å². The Kier molecular flexibility index (Phi) is 5.89. The Morgan fingerprint density at radius 1 is 0.947 bits per heavy atom. The van der Waals surface area contributed by atoms with Crippen LogP contribution in [0.15, 0.2) is 47.4 Å². The first-order chi connectivity index (χ1) is 8.41. The molecule has 0 heterocycles. The van der Waals surface area contributed by atoms with Crippen LogP contribution < -0.4 is 29.6 Å². The van der Waals surface area contributed by atoms with Gasteiger partial charge in [0.1, 0.15) is 10.1 Å². The van der Waals surface area contributed by atoms with Crippen molar-refractivity contribution in [3.63, 3.8) is 0 Å². The van der Waals surface area contributed by atoms with E-state index in [0.717, 1.165) is 0 Å². The van der Waals surface area contributed by atoms with Crippen LogP contribution in [0.5, 0.6) is 0 Å². The summed E-state index contributed by atoms with van der Waals surface area (Å²) in [5.74, 6) is 0. The van der Waals surface area contributed by atoms with E-state index in [1.165, 1.54) is 12.1 Å². The molecule has 0 atom stereocenters. The Morgan fingerprint density at radius 3 is 2.05 bits per heavy atom. The molecule has 19 heavy (non-hydrogen) atoms. The zero-order valence-corrected chi connectivity index (χ0v) is 14.3. The van der Waals surface area contributed by atoms with E-state index >= 15 is 0 Å². The van der Waals surface area contributed by atoms with Gasteiger partial charge in [-0.1, -0.05) is 53.5 Å². The molecule has 0 aliphatic heterocycles. The van der Waals surface area contributed by atoms with E-state index in [1.807, 2.05) is 0 Å². The molecule has 0 spiro atoms. The van der Waals surface area contributed by atoms with Crippen molar-refractivity contribution in [2.45, 2.75) is 4.90 Å². The van der Waals surface area contributed by atoms with Gasteiger partial charge < -0.3 is 4.55 Å². The van der Waals surface area contributed by atoms with Crippen molar-refractivity contribution in [2.24, 2.45) is 0 Å². The Labute approximate surface area is 143 Å². The van der Waals surface area contributed by atoms with E-state index in [-0.39, 0.29) is 50.1 Å². The summed E-state index contributed by atoms with van der Waals surface area (Å²) in [5, 5.41) is 0.253. The summed E-state index contributed by atoms with van der Waals surface area (Å²) in [6.07, 6.45) is 0. The largest absolute Gasteiger partial charge is 1.00 e. The van der Waals surface area contributed by atoms with Gasteiger partial charge in [0.25, 0.3) is 0 Å². The van der Waals surface area contributed by atoms with Gasteiger partial charge in [-0.25, -0.2) is 8.42 Å². The molecule has 3 nitrogen and oxygen atoms in total. The van der Waals surface area contributed by atoms with Crippen LogP contribution in [-0.2, 0) is 10.1 Å². The Morgan fingerprint density at radius 2 is 1.53 bits per heavy atom. The smallest absolute Gasteiger partial charge is 0.744 e. The van der Waals surface area contributed by atoms with Gasteiger partial charge >= 0.3 is 29.6 Å². The van der Waals surface area contributed by atoms with Crippen molar-refractivity contribution in [1.29, 1.82) is 0 Å². The maximum atomic E-state index is 11.2. The van der Waals surface area contributed by atoms with Crippen molar-refractivity contribution < 1.29 is 42.5 Å². The third kappa shape index (κ3) is 3.73. The third-order valence-electron chi connectivity index (χ3n) is 2.39. The van der Waals surface area contributed by atoms with E-state index in [4.69, 9.17) is 23.2 Å². The molecule has 0 aliphatic carbocycles. The first-order valence-corrected chi connectivity index (χ1v) is 7.07. The van der Waals surface area contributed by atoms with E-state index in [9.17, 15) is 13.0 Å². The SMILES string of the molecule is O=S(=O)([O-])c1ccc(Cl)c(Cl)c1-c1ccccc1.[Na+]. The van der Waals surface area contributed by atoms with Crippen LogP contribution in [0.25, 0.3) is 11.1 Å². The Hall–Kier alpha value is -0.0700. The van der Waals surface area contributed by atoms with Gasteiger partial charge in [-0.05, 0) is 17.7 Å². The van der Waals surface area contributed by atoms with Crippen LogP contribution in [-0.4, -0.2) is 13.0 Å². The van der Waals surface area contributed by atoms with E-state index in [1.54, 1.807) is 30.3 Å². The van der Waals surface area contributed by atoms with Crippen LogP contribution in [0.1, 0.15) is 0 Å². The Balaban J connectivity index is 0.00000180. The zero-order chi connectivity index (χ0) is 13.3. The molecule has 0 aromatic heterocycles. The van der Waals surface area contributed by atoms with Crippen LogP contribution in [0, 0.1) is 0 Å². The molecule has 0 saturated heterocycles. The summed E-state index contributed by atoms with van der Waals surface area (Å²) in [4.78, 5) is -0.372. The number of benzene rings is 2. The summed E-state index contributed by atoms with van der Waals surface area (Å²) in [6.45, 7) is 0. The first kappa shape index (κ1) is 17.0. The van der Waals surface area contributed by atoms with E-state index in [2.05, 4.69) is 0 Å². The molecule has 94 valence electrons. The standard InChI is InChI=1S/C12H8Cl2O3S.Na/c13-9-6-7-10(18(15,16)17)11(12(9)14)8-4-2-1-3-5-8;/h1-7H,(H,15,16,17);/q;+1/p-1. The van der Waals surface area contributed by atoms with Gasteiger partial charge in [0, 0.05) is 5.56 Å². The van der Waals surface area contributed by atoms with Gasteiger partial charge in [-0.15, -0.1) is 0 Å². The average molecular weight is 325 g/mol. The molecular formula is C12H7Cl2NaO3S. The quantitative estimate of drug-likeness (QED) is 0.599. The molecule has 0 unspecified atom stereocenters. The van der Waals surface area contributed by atoms with Crippen molar-refractivity contribution in [2.75, 3.05) is 0 Å². The number of halogens is 2. The maximum Gasteiger partial charge on any atom is 1.00 e. The second kappa shape index (κ2) is 6.59. The second-order valence-electron chi connectivity index (χ2n) is 3.55. The molecule has 0 amide bonds. The summed E-state index contributed by atoms with van der Waals surface area (Å²) < 4.78 is 33.7. The van der Waals surface area contributed by atoms with Crippen LogP contribution >= 0.6 is 23.2 Å². The molecule has 0 fully saturated rings. The molecule has 0 bridgehead atoms. The van der Waals surface area contributed by atoms with Gasteiger partial charge in [-0.2, -0.15) is 0 Å². The summed E-state index contributed by atoms with van der Waals surface area (Å²) >= 11 is 11.9. The monoisotopic (exact) mass is 324 g/mol. The summed E-state index contributed by atoms with van der Waals surface area (Å²) in [7, 11) is -4.61. The van der Waals surface area contributed by atoms with Gasteiger partial charge in [-0.3, -0.25) is 0 Å². The molecule has 0 N–H and O–H groups in total. The molecule has 0 aliphatic rings. The van der Waals surface area contributed by atoms with Crippen molar-refractivity contribution in [3.05, 3.63) is 52.5 Å². The van der Waals surface area contributed by atoms with Gasteiger partial charge in [0.15, 0.2) is 0 Å². The predicted molar refractivity (Wildman–Crippen MR) is 69.9 cm³/mol. The van der Waals surface area contributed by atoms with Gasteiger partial charge in [0.05, 0.1) is 14.9 Å². The molecular weight excluding hydrogens is 318 g/mol. The minimum absolute atomic E-state index is 0. The Bertz CT molecular complexity index is 688. The second-order valence-corrected chi connectivity index (χ2v) is 5.69. The zero-order valence-electron chi connectivity index (χ0n) is 9.93. The van der Waals surface area contributed by atoms with E-state index < -0.39 is 10.1 Å². The molecule has 0 radical (unpaired) electrons. The van der Waals surface area contributed by atoms with Crippen LogP contribution in [0.3, 0.4) is 0 Å². The minimum Gasteiger partial charge on any atom is -0.744 e. The molecule has 0 saturated carbocycles. The molecule has 2 aromatic rings. The fourth-order valence-corrected chi connectivity index (χ4v) is 2.81. The third-order valence-corrected chi connectivity index (χ3v) is 4.07. The first-order valence-electron chi connectivity index (χ1n) is 4.90. The number of hydrogen-bond acceptors (Lipinski definition) is 3. The number of hydrogen-bond donors (Lipinski definition) is 0. The molecule has 2 aromatic carbocycles. The van der Waals surface area contributed by atoms with Crippen molar-refractivity contribution in [1.82, 2.24) is 0 Å². The van der Waals surface area contributed by atoms with Crippen molar-refractivity contribution >= 4 is 33.3 Å². The fraction of sp³-hybridized carbons (Fsp3) is 0. The summed E-state index contributed by atoms with van der Waals surface area (Å²) in [6, 6.07) is 11.0. The molecule has 2 rings (SSSR count). The average Bonchev–Trinajstić information content (AvgIpc) is 2.32. The van der Waals surface area contributed by atoms with Crippen LogP contribution in [0.2, 0.25) is 10.0 Å². The van der Waals surface area contributed by atoms with Crippen LogP contribution in [0.4, 0.5) is 0 Å². The topological polar surface area (TPSA) is 57.2 Å². The summed E-state index contributed by atoms with van der Waals surface area (Å²) in [5.41, 5.74) is 0.666. The van der Waals surface area contributed by atoms with E-state index in [0.29, 0.717) is 5.56 Å². The predicted octanol–water partition coefficient (Wildman–Crippen LogP) is 0.569. The fourth-order valence-electron chi connectivity index (χ4n) is 1.62. The number of rotatable bonds is 2. The normalized spacial score (nSPS) is 10.9. The maximum absolute atomic E-state index is 11.2.